The summed E-state index contributed by atoms with van der Waals surface area (Å²) in [5.41, 5.74) is 1.96. The van der Waals surface area contributed by atoms with Gasteiger partial charge in [0.25, 0.3) is 11.8 Å². The number of hydrogen-bond donors (Lipinski definition) is 0. The number of carbonyl (C=O) groups excluding carboxylic acids is 1. The van der Waals surface area contributed by atoms with Crippen LogP contribution in [0.1, 0.15) is 10.4 Å². The minimum absolute atomic E-state index is 0.0601. The van der Waals surface area contributed by atoms with Gasteiger partial charge in [-0.2, -0.15) is 4.98 Å². The summed E-state index contributed by atoms with van der Waals surface area (Å²) >= 11 is 5.91. The second kappa shape index (κ2) is 7.27. The Morgan fingerprint density at radius 3 is 2.54 bits per heavy atom. The summed E-state index contributed by atoms with van der Waals surface area (Å²) in [7, 11) is 0. The van der Waals surface area contributed by atoms with Crippen LogP contribution in [0.5, 0.6) is 0 Å². The molecule has 0 radical (unpaired) electrons. The molecule has 132 valence electrons. The summed E-state index contributed by atoms with van der Waals surface area (Å²) < 4.78 is 10.7. The van der Waals surface area contributed by atoms with E-state index in [1.54, 1.807) is 23.1 Å². The zero-order valence-corrected chi connectivity index (χ0v) is 14.6. The smallest absolute Gasteiger partial charge is 0.259 e. The summed E-state index contributed by atoms with van der Waals surface area (Å²) in [6.45, 7) is 2.25. The molecule has 0 N–H and O–H groups in total. The average Bonchev–Trinajstić information content (AvgIpc) is 3.19. The van der Waals surface area contributed by atoms with Crippen molar-refractivity contribution < 1.29 is 14.1 Å². The van der Waals surface area contributed by atoms with Crippen molar-refractivity contribution in [3.8, 4) is 22.8 Å². The molecule has 0 bridgehead atoms. The van der Waals surface area contributed by atoms with Crippen molar-refractivity contribution in [2.45, 2.75) is 0 Å². The SMILES string of the molecule is O=C(c1ccccc1-c1nc(-c2ccc(Cl)cc2)no1)N1CCOCC1. The fraction of sp³-hybridized carbons (Fsp3) is 0.211. The number of ether oxygens (including phenoxy) is 1. The molecule has 1 saturated heterocycles. The molecule has 2 heterocycles. The Balaban J connectivity index is 1.66. The van der Waals surface area contributed by atoms with Crippen molar-refractivity contribution in [3.63, 3.8) is 0 Å². The summed E-state index contributed by atoms with van der Waals surface area (Å²) in [5.74, 6) is 0.701. The van der Waals surface area contributed by atoms with Crippen LogP contribution in [0.4, 0.5) is 0 Å². The van der Waals surface area contributed by atoms with E-state index in [-0.39, 0.29) is 5.91 Å². The lowest BCUT2D eigenvalue weighted by atomic mass is 10.1. The number of nitrogens with zero attached hydrogens (tertiary/aromatic N) is 3. The first-order chi connectivity index (χ1) is 12.7. The molecule has 7 heteroatoms. The van der Waals surface area contributed by atoms with E-state index >= 15 is 0 Å². The third-order valence-electron chi connectivity index (χ3n) is 4.21. The predicted octanol–water partition coefficient (Wildman–Crippen LogP) is 3.53. The molecule has 0 unspecified atom stereocenters. The highest BCUT2D eigenvalue weighted by atomic mass is 35.5. The topological polar surface area (TPSA) is 68.5 Å². The molecule has 3 aromatic rings. The lowest BCUT2D eigenvalue weighted by Crippen LogP contribution is -2.40. The van der Waals surface area contributed by atoms with E-state index < -0.39 is 0 Å². The lowest BCUT2D eigenvalue weighted by Gasteiger charge is -2.27. The highest BCUT2D eigenvalue weighted by Gasteiger charge is 2.23. The van der Waals surface area contributed by atoms with Crippen LogP contribution in [0.25, 0.3) is 22.8 Å². The molecule has 1 amide bonds. The van der Waals surface area contributed by atoms with E-state index in [9.17, 15) is 4.79 Å². The Hall–Kier alpha value is -2.70. The standard InChI is InChI=1S/C19H16ClN3O3/c20-14-7-5-13(6-8-14)17-21-18(26-22-17)15-3-1-2-4-16(15)19(24)23-9-11-25-12-10-23/h1-8H,9-12H2. The molecule has 1 fully saturated rings. The van der Waals surface area contributed by atoms with E-state index in [0.717, 1.165) is 5.56 Å². The minimum Gasteiger partial charge on any atom is -0.378 e. The predicted molar refractivity (Wildman–Crippen MR) is 96.9 cm³/mol. The monoisotopic (exact) mass is 369 g/mol. The quantitative estimate of drug-likeness (QED) is 0.706. The molecule has 0 aliphatic carbocycles. The number of aromatic nitrogens is 2. The number of carbonyl (C=O) groups is 1. The van der Waals surface area contributed by atoms with Gasteiger partial charge >= 0.3 is 0 Å². The van der Waals surface area contributed by atoms with Crippen molar-refractivity contribution in [2.24, 2.45) is 0 Å². The van der Waals surface area contributed by atoms with Crippen LogP contribution in [0.2, 0.25) is 5.02 Å². The molecule has 0 spiro atoms. The van der Waals surface area contributed by atoms with Crippen LogP contribution < -0.4 is 0 Å². The molecular formula is C19H16ClN3O3. The van der Waals surface area contributed by atoms with Crippen molar-refractivity contribution in [2.75, 3.05) is 26.3 Å². The second-order valence-corrected chi connectivity index (χ2v) is 6.32. The van der Waals surface area contributed by atoms with E-state index in [1.807, 2.05) is 30.3 Å². The third-order valence-corrected chi connectivity index (χ3v) is 4.47. The van der Waals surface area contributed by atoms with Gasteiger partial charge in [0.1, 0.15) is 0 Å². The Bertz CT molecular complexity index is 918. The Labute approximate surface area is 155 Å². The van der Waals surface area contributed by atoms with E-state index in [4.69, 9.17) is 20.9 Å². The lowest BCUT2D eigenvalue weighted by molar-refractivity contribution is 0.0303. The molecule has 6 nitrogen and oxygen atoms in total. The van der Waals surface area contributed by atoms with Crippen LogP contribution in [-0.4, -0.2) is 47.3 Å². The number of morpholine rings is 1. The van der Waals surface area contributed by atoms with Gasteiger partial charge in [0.2, 0.25) is 5.82 Å². The number of amides is 1. The summed E-state index contributed by atoms with van der Waals surface area (Å²) in [4.78, 5) is 19.1. The fourth-order valence-corrected chi connectivity index (χ4v) is 2.97. The normalized spacial score (nSPS) is 14.4. The van der Waals surface area contributed by atoms with Crippen LogP contribution in [0, 0.1) is 0 Å². The number of rotatable bonds is 3. The molecule has 1 aliphatic heterocycles. The van der Waals surface area contributed by atoms with Gasteiger partial charge in [-0.3, -0.25) is 4.79 Å². The van der Waals surface area contributed by atoms with Gasteiger partial charge in [-0.25, -0.2) is 0 Å². The number of halogens is 1. The maximum absolute atomic E-state index is 12.9. The Kier molecular flexibility index (Phi) is 4.69. The molecule has 2 aromatic carbocycles. The molecule has 1 aliphatic rings. The highest BCUT2D eigenvalue weighted by molar-refractivity contribution is 6.30. The maximum atomic E-state index is 12.9. The van der Waals surface area contributed by atoms with E-state index in [1.165, 1.54) is 0 Å². The van der Waals surface area contributed by atoms with Crippen LogP contribution in [0.3, 0.4) is 0 Å². The molecule has 1 aromatic heterocycles. The second-order valence-electron chi connectivity index (χ2n) is 5.88. The first-order valence-electron chi connectivity index (χ1n) is 8.28. The highest BCUT2D eigenvalue weighted by Crippen LogP contribution is 2.26. The largest absolute Gasteiger partial charge is 0.378 e. The molecule has 4 rings (SSSR count). The maximum Gasteiger partial charge on any atom is 0.259 e. The molecule has 0 atom stereocenters. The van der Waals surface area contributed by atoms with Gasteiger partial charge in [0.05, 0.1) is 24.3 Å². The molecule has 0 saturated carbocycles. The van der Waals surface area contributed by atoms with Gasteiger partial charge in [-0.05, 0) is 36.4 Å². The first-order valence-corrected chi connectivity index (χ1v) is 8.66. The van der Waals surface area contributed by atoms with Gasteiger partial charge in [0.15, 0.2) is 0 Å². The van der Waals surface area contributed by atoms with Crippen LogP contribution in [0.15, 0.2) is 53.1 Å². The zero-order valence-electron chi connectivity index (χ0n) is 13.9. The van der Waals surface area contributed by atoms with Crippen LogP contribution >= 0.6 is 11.6 Å². The molecule has 26 heavy (non-hydrogen) atoms. The van der Waals surface area contributed by atoms with Gasteiger partial charge in [-0.15, -0.1) is 0 Å². The fourth-order valence-electron chi connectivity index (χ4n) is 2.84. The van der Waals surface area contributed by atoms with Crippen molar-refractivity contribution in [3.05, 3.63) is 59.1 Å². The van der Waals surface area contributed by atoms with E-state index in [0.29, 0.717) is 54.2 Å². The van der Waals surface area contributed by atoms with E-state index in [2.05, 4.69) is 10.1 Å². The summed E-state index contributed by atoms with van der Waals surface area (Å²) in [5, 5.41) is 4.67. The van der Waals surface area contributed by atoms with Gasteiger partial charge in [-0.1, -0.05) is 28.9 Å². The zero-order chi connectivity index (χ0) is 17.9. The average molecular weight is 370 g/mol. The Morgan fingerprint density at radius 2 is 1.77 bits per heavy atom. The third kappa shape index (κ3) is 3.34. The first kappa shape index (κ1) is 16.8. The summed E-state index contributed by atoms with van der Waals surface area (Å²) in [6, 6.07) is 14.4. The Morgan fingerprint density at radius 1 is 1.04 bits per heavy atom. The number of benzene rings is 2. The van der Waals surface area contributed by atoms with Crippen molar-refractivity contribution in [1.82, 2.24) is 15.0 Å². The molecular weight excluding hydrogens is 354 g/mol. The van der Waals surface area contributed by atoms with Gasteiger partial charge in [0, 0.05) is 23.7 Å². The van der Waals surface area contributed by atoms with Crippen molar-refractivity contribution in [1.29, 1.82) is 0 Å². The number of hydrogen-bond acceptors (Lipinski definition) is 5. The van der Waals surface area contributed by atoms with Crippen molar-refractivity contribution >= 4 is 17.5 Å². The summed E-state index contributed by atoms with van der Waals surface area (Å²) in [6.07, 6.45) is 0. The van der Waals surface area contributed by atoms with Crippen LogP contribution in [-0.2, 0) is 4.74 Å². The minimum atomic E-state index is -0.0601. The van der Waals surface area contributed by atoms with Gasteiger partial charge < -0.3 is 14.2 Å².